The van der Waals surface area contributed by atoms with Gasteiger partial charge in [0, 0.05) is 0 Å². The second-order valence-corrected chi connectivity index (χ2v) is 5.64. The van der Waals surface area contributed by atoms with E-state index in [4.69, 9.17) is 9.25 Å². The monoisotopic (exact) mass is 324 g/mol. The third-order valence-corrected chi connectivity index (χ3v) is 4.05. The lowest BCUT2D eigenvalue weighted by Crippen LogP contribution is -2.34. The van der Waals surface area contributed by atoms with Gasteiger partial charge in [0.15, 0.2) is 5.76 Å². The molecule has 0 N–H and O–H groups in total. The Morgan fingerprint density at radius 3 is 2.71 bits per heavy atom. The molecule has 3 heterocycles. The van der Waals surface area contributed by atoms with Crippen LogP contribution in [0.3, 0.4) is 0 Å². The van der Waals surface area contributed by atoms with Crippen molar-refractivity contribution in [2.45, 2.75) is 13.0 Å². The van der Waals surface area contributed by atoms with Crippen molar-refractivity contribution < 1.29 is 23.6 Å². The smallest absolute Gasteiger partial charge is 0.278 e. The van der Waals surface area contributed by atoms with E-state index in [1.54, 1.807) is 24.3 Å². The summed E-state index contributed by atoms with van der Waals surface area (Å²) in [7, 11) is 0. The van der Waals surface area contributed by atoms with Crippen LogP contribution in [0, 0.1) is 12.8 Å². The van der Waals surface area contributed by atoms with E-state index in [9.17, 15) is 14.4 Å². The number of carbonyl (C=O) groups excluding carboxylic acids is 3. The molecule has 1 saturated heterocycles. The largest absolute Gasteiger partial charge is 0.461 e. The quantitative estimate of drug-likeness (QED) is 0.633. The number of aryl methyl sites for hydroxylation is 1. The van der Waals surface area contributed by atoms with E-state index in [2.05, 4.69) is 5.16 Å². The molecule has 2 aliphatic rings. The molecule has 4 rings (SSSR count). The number of carbonyl (C=O) groups is 3. The summed E-state index contributed by atoms with van der Waals surface area (Å²) < 4.78 is 5.05. The SMILES string of the molecule is Cc1cccc(N2C(=O)[C@H]3C(C(=O)c4ccco4)=NO[C@@H]3C2=O)c1. The van der Waals surface area contributed by atoms with Crippen molar-refractivity contribution in [3.05, 3.63) is 54.0 Å². The maximum Gasteiger partial charge on any atom is 0.278 e. The Balaban J connectivity index is 1.69. The van der Waals surface area contributed by atoms with Gasteiger partial charge in [0.25, 0.3) is 5.91 Å². The summed E-state index contributed by atoms with van der Waals surface area (Å²) in [6, 6.07) is 10.0. The van der Waals surface area contributed by atoms with Gasteiger partial charge in [-0.05, 0) is 36.8 Å². The number of fused-ring (bicyclic) bond motifs is 1. The third kappa shape index (κ3) is 1.98. The lowest BCUT2D eigenvalue weighted by atomic mass is 9.96. The van der Waals surface area contributed by atoms with Crippen LogP contribution in [0.1, 0.15) is 16.1 Å². The Kier molecular flexibility index (Phi) is 3.09. The van der Waals surface area contributed by atoms with Gasteiger partial charge in [-0.25, -0.2) is 4.90 Å². The van der Waals surface area contributed by atoms with E-state index in [0.717, 1.165) is 10.5 Å². The zero-order valence-electron chi connectivity index (χ0n) is 12.6. The maximum absolute atomic E-state index is 12.8. The van der Waals surface area contributed by atoms with Crippen LogP contribution in [0.5, 0.6) is 0 Å². The minimum atomic E-state index is -1.10. The van der Waals surface area contributed by atoms with Gasteiger partial charge in [-0.1, -0.05) is 17.3 Å². The van der Waals surface area contributed by atoms with Crippen molar-refractivity contribution in [1.29, 1.82) is 0 Å². The minimum Gasteiger partial charge on any atom is -0.461 e. The first kappa shape index (κ1) is 14.4. The summed E-state index contributed by atoms with van der Waals surface area (Å²) in [4.78, 5) is 43.8. The molecule has 1 aromatic heterocycles. The first-order chi connectivity index (χ1) is 11.6. The van der Waals surface area contributed by atoms with Crippen molar-refractivity contribution in [3.8, 4) is 0 Å². The molecule has 2 atom stereocenters. The summed E-state index contributed by atoms with van der Waals surface area (Å²) in [6.07, 6.45) is 0.244. The summed E-state index contributed by atoms with van der Waals surface area (Å²) in [5.74, 6) is -2.60. The Morgan fingerprint density at radius 1 is 1.17 bits per heavy atom. The molecule has 0 radical (unpaired) electrons. The number of hydrogen-bond acceptors (Lipinski definition) is 6. The number of hydrogen-bond donors (Lipinski definition) is 0. The van der Waals surface area contributed by atoms with Crippen LogP contribution in [-0.4, -0.2) is 29.4 Å². The fourth-order valence-corrected chi connectivity index (χ4v) is 2.92. The van der Waals surface area contributed by atoms with E-state index in [-0.39, 0.29) is 11.5 Å². The molecular weight excluding hydrogens is 312 g/mol. The number of imide groups is 1. The maximum atomic E-state index is 12.8. The van der Waals surface area contributed by atoms with E-state index < -0.39 is 29.6 Å². The lowest BCUT2D eigenvalue weighted by molar-refractivity contribution is -0.126. The molecule has 0 unspecified atom stereocenters. The standard InChI is InChI=1S/C17H12N2O5/c1-9-4-2-5-10(8-9)19-16(21)12-13(18-24-15(12)17(19)22)14(20)11-6-3-7-23-11/h2-8,12,15H,1H3/t12-,15-/m0/s1. The average Bonchev–Trinajstić information content (AvgIpc) is 3.27. The highest BCUT2D eigenvalue weighted by molar-refractivity contribution is 6.52. The fourth-order valence-electron chi connectivity index (χ4n) is 2.92. The molecular formula is C17H12N2O5. The van der Waals surface area contributed by atoms with Crippen molar-refractivity contribution in [1.82, 2.24) is 0 Å². The fraction of sp³-hybridized carbons (Fsp3) is 0.176. The average molecular weight is 324 g/mol. The molecule has 1 aromatic carbocycles. The molecule has 7 heteroatoms. The number of benzene rings is 1. The van der Waals surface area contributed by atoms with Gasteiger partial charge in [0.2, 0.25) is 17.8 Å². The molecule has 0 saturated carbocycles. The molecule has 7 nitrogen and oxygen atoms in total. The van der Waals surface area contributed by atoms with E-state index in [0.29, 0.717) is 5.69 Å². The Labute approximate surface area is 136 Å². The van der Waals surface area contributed by atoms with E-state index in [1.807, 2.05) is 13.0 Å². The van der Waals surface area contributed by atoms with Crippen LogP contribution in [0.2, 0.25) is 0 Å². The molecule has 0 bridgehead atoms. The Bertz CT molecular complexity index is 884. The van der Waals surface area contributed by atoms with Crippen molar-refractivity contribution in [2.75, 3.05) is 4.90 Å². The predicted molar refractivity (Wildman–Crippen MR) is 82.5 cm³/mol. The molecule has 2 aromatic rings. The van der Waals surface area contributed by atoms with Crippen LogP contribution in [-0.2, 0) is 14.4 Å². The highest BCUT2D eigenvalue weighted by atomic mass is 16.7. The molecule has 2 amide bonds. The second kappa shape index (κ2) is 5.16. The Morgan fingerprint density at radius 2 is 2.00 bits per heavy atom. The molecule has 2 aliphatic heterocycles. The van der Waals surface area contributed by atoms with E-state index >= 15 is 0 Å². The number of anilines is 1. The predicted octanol–water partition coefficient (Wildman–Crippen LogP) is 1.72. The third-order valence-electron chi connectivity index (χ3n) is 4.05. The van der Waals surface area contributed by atoms with Crippen LogP contribution >= 0.6 is 0 Å². The number of rotatable bonds is 3. The van der Waals surface area contributed by atoms with Crippen LogP contribution in [0.15, 0.2) is 52.2 Å². The minimum absolute atomic E-state index is 0.0484. The highest BCUT2D eigenvalue weighted by Crippen LogP contribution is 2.34. The van der Waals surface area contributed by atoms with Crippen LogP contribution in [0.4, 0.5) is 5.69 Å². The summed E-state index contributed by atoms with van der Waals surface area (Å²) in [5.41, 5.74) is 1.25. The molecule has 0 spiro atoms. The van der Waals surface area contributed by atoms with Crippen molar-refractivity contribution in [2.24, 2.45) is 11.1 Å². The molecule has 24 heavy (non-hydrogen) atoms. The highest BCUT2D eigenvalue weighted by Gasteiger charge is 2.57. The molecule has 0 aliphatic carbocycles. The summed E-state index contributed by atoms with van der Waals surface area (Å²) >= 11 is 0. The Hall–Kier alpha value is -3.22. The van der Waals surface area contributed by atoms with Gasteiger partial charge in [-0.2, -0.15) is 0 Å². The number of Topliss-reactive ketones (excluding diaryl/α,β-unsaturated/α-hetero) is 1. The first-order valence-electron chi connectivity index (χ1n) is 7.34. The van der Waals surface area contributed by atoms with Crippen LogP contribution < -0.4 is 4.90 Å². The van der Waals surface area contributed by atoms with Crippen LogP contribution in [0.25, 0.3) is 0 Å². The van der Waals surface area contributed by atoms with Crippen molar-refractivity contribution >= 4 is 29.0 Å². The normalized spacial score (nSPS) is 22.4. The topological polar surface area (TPSA) is 89.2 Å². The zero-order chi connectivity index (χ0) is 16.8. The van der Waals surface area contributed by atoms with Crippen molar-refractivity contribution in [3.63, 3.8) is 0 Å². The first-order valence-corrected chi connectivity index (χ1v) is 7.34. The number of oxime groups is 1. The molecule has 1 fully saturated rings. The molecule has 120 valence electrons. The number of ketones is 1. The van der Waals surface area contributed by atoms with Gasteiger partial charge >= 0.3 is 0 Å². The second-order valence-electron chi connectivity index (χ2n) is 5.64. The summed E-state index contributed by atoms with van der Waals surface area (Å²) in [5, 5.41) is 3.66. The van der Waals surface area contributed by atoms with Gasteiger partial charge in [0.1, 0.15) is 11.6 Å². The number of amides is 2. The summed E-state index contributed by atoms with van der Waals surface area (Å²) in [6.45, 7) is 1.86. The zero-order valence-corrected chi connectivity index (χ0v) is 12.6. The van der Waals surface area contributed by atoms with Gasteiger partial charge in [-0.3, -0.25) is 14.4 Å². The lowest BCUT2D eigenvalue weighted by Gasteiger charge is -2.15. The number of furan rings is 1. The number of nitrogens with zero attached hydrogens (tertiary/aromatic N) is 2. The van der Waals surface area contributed by atoms with Gasteiger partial charge in [-0.15, -0.1) is 0 Å². The van der Waals surface area contributed by atoms with E-state index in [1.165, 1.54) is 12.3 Å². The van der Waals surface area contributed by atoms with Gasteiger partial charge < -0.3 is 9.25 Å². The van der Waals surface area contributed by atoms with Gasteiger partial charge in [0.05, 0.1) is 12.0 Å².